The van der Waals surface area contributed by atoms with Crippen LogP contribution < -0.4 is 5.32 Å². The highest BCUT2D eigenvalue weighted by atomic mass is 79.9. The molecule has 0 fully saturated rings. The van der Waals surface area contributed by atoms with Crippen LogP contribution in [0.2, 0.25) is 5.02 Å². The highest BCUT2D eigenvalue weighted by Gasteiger charge is 2.21. The number of carbonyl (C=O) groups is 1. The lowest BCUT2D eigenvalue weighted by molar-refractivity contribution is -0.141. The monoisotopic (exact) mass is 359 g/mol. The van der Waals surface area contributed by atoms with Crippen LogP contribution in [0.4, 0.5) is 5.69 Å². The molecule has 2 aromatic rings. The highest BCUT2D eigenvalue weighted by Crippen LogP contribution is 2.28. The molecule has 1 aromatic carbocycles. The number of methoxy groups -OCH3 is 1. The fourth-order valence-electron chi connectivity index (χ4n) is 1.59. The van der Waals surface area contributed by atoms with Crippen LogP contribution in [0, 0.1) is 0 Å². The molecule has 6 heteroatoms. The van der Waals surface area contributed by atoms with E-state index in [4.69, 9.17) is 16.3 Å². The summed E-state index contributed by atoms with van der Waals surface area (Å²) in [6.07, 6.45) is 0. The van der Waals surface area contributed by atoms with E-state index >= 15 is 0 Å². The van der Waals surface area contributed by atoms with E-state index < -0.39 is 6.04 Å². The smallest absolute Gasteiger partial charge is 0.333 e. The molecular formula is C13H11BrClNO2S. The molecule has 0 spiro atoms. The first-order chi connectivity index (χ1) is 9.11. The predicted molar refractivity (Wildman–Crippen MR) is 81.9 cm³/mol. The lowest BCUT2D eigenvalue weighted by Gasteiger charge is -2.17. The minimum atomic E-state index is -0.524. The van der Waals surface area contributed by atoms with Gasteiger partial charge in [-0.1, -0.05) is 11.6 Å². The van der Waals surface area contributed by atoms with Gasteiger partial charge in [0.05, 0.1) is 12.1 Å². The maximum absolute atomic E-state index is 11.8. The minimum Gasteiger partial charge on any atom is -0.467 e. The van der Waals surface area contributed by atoms with Gasteiger partial charge in [0.2, 0.25) is 0 Å². The number of hydrogen-bond acceptors (Lipinski definition) is 4. The van der Waals surface area contributed by atoms with E-state index in [0.717, 1.165) is 15.7 Å². The first-order valence-corrected chi connectivity index (χ1v) is 7.54. The first-order valence-electron chi connectivity index (χ1n) is 5.43. The number of anilines is 1. The number of carbonyl (C=O) groups excluding carboxylic acids is 1. The van der Waals surface area contributed by atoms with Crippen LogP contribution >= 0.6 is 38.9 Å². The second-order valence-corrected chi connectivity index (χ2v) is 5.83. The normalized spacial score (nSPS) is 11.9. The van der Waals surface area contributed by atoms with Gasteiger partial charge in [0.25, 0.3) is 0 Å². The third-order valence-electron chi connectivity index (χ3n) is 2.54. The Morgan fingerprint density at radius 2 is 2.26 bits per heavy atom. The molecule has 0 aliphatic rings. The van der Waals surface area contributed by atoms with Gasteiger partial charge in [-0.05, 0) is 56.5 Å². The second-order valence-electron chi connectivity index (χ2n) is 3.79. The average Bonchev–Trinajstić information content (AvgIpc) is 2.93. The summed E-state index contributed by atoms with van der Waals surface area (Å²) in [6, 6.07) is 6.77. The van der Waals surface area contributed by atoms with Crippen molar-refractivity contribution in [1.82, 2.24) is 0 Å². The highest BCUT2D eigenvalue weighted by molar-refractivity contribution is 9.10. The van der Waals surface area contributed by atoms with Crippen LogP contribution in [0.3, 0.4) is 0 Å². The summed E-state index contributed by atoms with van der Waals surface area (Å²) >= 11 is 10.8. The fraction of sp³-hybridized carbons (Fsp3) is 0.154. The van der Waals surface area contributed by atoms with E-state index in [1.165, 1.54) is 18.4 Å². The molecule has 1 unspecified atom stereocenters. The Morgan fingerprint density at radius 3 is 2.84 bits per heavy atom. The summed E-state index contributed by atoms with van der Waals surface area (Å²) in [5.74, 6) is -0.329. The van der Waals surface area contributed by atoms with Crippen molar-refractivity contribution in [3.8, 4) is 0 Å². The molecule has 1 aromatic heterocycles. The average molecular weight is 361 g/mol. The number of esters is 1. The summed E-state index contributed by atoms with van der Waals surface area (Å²) < 4.78 is 5.60. The molecule has 3 nitrogen and oxygen atoms in total. The summed E-state index contributed by atoms with van der Waals surface area (Å²) in [6.45, 7) is 0. The molecule has 0 saturated carbocycles. The van der Waals surface area contributed by atoms with Crippen molar-refractivity contribution in [3.05, 3.63) is 50.1 Å². The van der Waals surface area contributed by atoms with E-state index in [2.05, 4.69) is 21.2 Å². The molecule has 0 radical (unpaired) electrons. The molecule has 0 saturated heterocycles. The number of ether oxygens (including phenoxy) is 1. The van der Waals surface area contributed by atoms with E-state index in [-0.39, 0.29) is 5.97 Å². The largest absolute Gasteiger partial charge is 0.467 e. The van der Waals surface area contributed by atoms with Gasteiger partial charge in [-0.25, -0.2) is 4.79 Å². The van der Waals surface area contributed by atoms with Crippen molar-refractivity contribution in [3.63, 3.8) is 0 Å². The van der Waals surface area contributed by atoms with Gasteiger partial charge in [-0.2, -0.15) is 11.3 Å². The maximum Gasteiger partial charge on any atom is 0.333 e. The molecule has 1 atom stereocenters. The summed E-state index contributed by atoms with van der Waals surface area (Å²) in [5.41, 5.74) is 1.67. The second kappa shape index (κ2) is 6.41. The summed E-state index contributed by atoms with van der Waals surface area (Å²) in [5, 5.41) is 7.60. The standard InChI is InChI=1S/C13H11BrClNO2S/c1-18-13(17)12(8-4-5-19-7-8)16-9-2-3-11(15)10(14)6-9/h2-7,12,16H,1H3. The van der Waals surface area contributed by atoms with Gasteiger partial charge in [0.15, 0.2) is 6.04 Å². The zero-order valence-electron chi connectivity index (χ0n) is 10.0. The Kier molecular flexibility index (Phi) is 4.85. The van der Waals surface area contributed by atoms with Crippen LogP contribution in [0.15, 0.2) is 39.5 Å². The molecule has 19 heavy (non-hydrogen) atoms. The Labute approximate surface area is 128 Å². The Morgan fingerprint density at radius 1 is 1.47 bits per heavy atom. The third-order valence-corrected chi connectivity index (χ3v) is 4.46. The zero-order valence-corrected chi connectivity index (χ0v) is 13.2. The Balaban J connectivity index is 2.25. The van der Waals surface area contributed by atoms with Gasteiger partial charge in [0.1, 0.15) is 0 Å². The quantitative estimate of drug-likeness (QED) is 0.816. The molecule has 0 bridgehead atoms. The lowest BCUT2D eigenvalue weighted by Crippen LogP contribution is -2.21. The zero-order chi connectivity index (χ0) is 13.8. The Hall–Kier alpha value is -1.04. The Bertz CT molecular complexity index is 574. The number of benzene rings is 1. The molecule has 100 valence electrons. The number of halogens is 2. The van der Waals surface area contributed by atoms with Crippen molar-refractivity contribution in [2.45, 2.75) is 6.04 Å². The van der Waals surface area contributed by atoms with Gasteiger partial charge < -0.3 is 10.1 Å². The first kappa shape index (κ1) is 14.4. The summed E-state index contributed by atoms with van der Waals surface area (Å²) in [4.78, 5) is 11.8. The van der Waals surface area contributed by atoms with E-state index in [0.29, 0.717) is 5.02 Å². The van der Waals surface area contributed by atoms with Gasteiger partial charge in [-0.15, -0.1) is 0 Å². The van der Waals surface area contributed by atoms with Crippen LogP contribution in [0.5, 0.6) is 0 Å². The number of thiophene rings is 1. The number of hydrogen-bond donors (Lipinski definition) is 1. The maximum atomic E-state index is 11.8. The van der Waals surface area contributed by atoms with E-state index in [9.17, 15) is 4.79 Å². The predicted octanol–water partition coefficient (Wildman–Crippen LogP) is 4.49. The van der Waals surface area contributed by atoms with Crippen molar-refractivity contribution in [2.75, 3.05) is 12.4 Å². The minimum absolute atomic E-state index is 0.329. The fourth-order valence-corrected chi connectivity index (χ4v) is 2.77. The number of nitrogens with one attached hydrogen (secondary N) is 1. The van der Waals surface area contributed by atoms with Crippen molar-refractivity contribution < 1.29 is 9.53 Å². The van der Waals surface area contributed by atoms with Gasteiger partial charge in [0, 0.05) is 10.2 Å². The van der Waals surface area contributed by atoms with Crippen molar-refractivity contribution >= 4 is 50.5 Å². The topological polar surface area (TPSA) is 38.3 Å². The lowest BCUT2D eigenvalue weighted by atomic mass is 10.1. The molecule has 1 heterocycles. The SMILES string of the molecule is COC(=O)C(Nc1ccc(Cl)c(Br)c1)c1ccsc1. The van der Waals surface area contributed by atoms with Crippen LogP contribution in [0.1, 0.15) is 11.6 Å². The molecule has 0 aliphatic carbocycles. The third kappa shape index (κ3) is 3.49. The molecule has 2 rings (SSSR count). The van der Waals surface area contributed by atoms with Crippen LogP contribution in [-0.2, 0) is 9.53 Å². The molecule has 0 aliphatic heterocycles. The van der Waals surface area contributed by atoms with Crippen LogP contribution in [0.25, 0.3) is 0 Å². The molecule has 0 amide bonds. The molecular weight excluding hydrogens is 350 g/mol. The van der Waals surface area contributed by atoms with Crippen molar-refractivity contribution in [2.24, 2.45) is 0 Å². The molecule has 1 N–H and O–H groups in total. The number of rotatable bonds is 4. The van der Waals surface area contributed by atoms with Gasteiger partial charge >= 0.3 is 5.97 Å². The summed E-state index contributed by atoms with van der Waals surface area (Å²) in [7, 11) is 1.38. The van der Waals surface area contributed by atoms with Crippen LogP contribution in [-0.4, -0.2) is 13.1 Å². The van der Waals surface area contributed by atoms with E-state index in [1.54, 1.807) is 6.07 Å². The van der Waals surface area contributed by atoms with E-state index in [1.807, 2.05) is 29.0 Å². The van der Waals surface area contributed by atoms with Crippen molar-refractivity contribution in [1.29, 1.82) is 0 Å². The van der Waals surface area contributed by atoms with Gasteiger partial charge in [-0.3, -0.25) is 0 Å².